The lowest BCUT2D eigenvalue weighted by Gasteiger charge is -2.44. The molecule has 2 N–H and O–H groups in total. The summed E-state index contributed by atoms with van der Waals surface area (Å²) in [5, 5.41) is 17.1. The molecular formula is C18H26N6O2S. The van der Waals surface area contributed by atoms with Crippen molar-refractivity contribution >= 4 is 23.6 Å². The number of rotatable bonds is 4. The number of carbonyl (C=O) groups excluding carboxylic acids is 2. The number of allylic oxidation sites excluding steroid dienone is 1. The van der Waals surface area contributed by atoms with Crippen LogP contribution in [0.1, 0.15) is 70.7 Å². The zero-order chi connectivity index (χ0) is 19.0. The van der Waals surface area contributed by atoms with Crippen LogP contribution in [0.15, 0.2) is 11.6 Å². The molecule has 2 aliphatic heterocycles. The number of thioether (sulfide) groups is 1. The Morgan fingerprint density at radius 2 is 2.19 bits per heavy atom. The predicted molar refractivity (Wildman–Crippen MR) is 102 cm³/mol. The van der Waals surface area contributed by atoms with Gasteiger partial charge in [-0.2, -0.15) is 5.21 Å². The van der Waals surface area contributed by atoms with Gasteiger partial charge in [0.25, 0.3) is 0 Å². The largest absolute Gasteiger partial charge is 0.341 e. The van der Waals surface area contributed by atoms with Gasteiger partial charge in [-0.1, -0.05) is 29.7 Å². The fourth-order valence-corrected chi connectivity index (χ4v) is 5.93. The van der Waals surface area contributed by atoms with Gasteiger partial charge in [0.15, 0.2) is 5.82 Å². The minimum absolute atomic E-state index is 0.0544. The van der Waals surface area contributed by atoms with Crippen LogP contribution in [-0.4, -0.2) is 53.5 Å². The second kappa shape index (κ2) is 7.26. The van der Waals surface area contributed by atoms with E-state index < -0.39 is 6.04 Å². The monoisotopic (exact) mass is 390 g/mol. The molecular weight excluding hydrogens is 364 g/mol. The Kier molecular flexibility index (Phi) is 4.96. The van der Waals surface area contributed by atoms with Crippen molar-refractivity contribution in [3.63, 3.8) is 0 Å². The zero-order valence-electron chi connectivity index (χ0n) is 15.8. The molecule has 3 atom stereocenters. The molecule has 2 saturated heterocycles. The number of hydrogen-bond donors (Lipinski definition) is 2. The molecule has 27 heavy (non-hydrogen) atoms. The first-order valence-electron chi connectivity index (χ1n) is 9.68. The van der Waals surface area contributed by atoms with Crippen molar-refractivity contribution < 1.29 is 9.59 Å². The number of aromatic nitrogens is 4. The molecule has 146 valence electrons. The third-order valence-electron chi connectivity index (χ3n) is 5.64. The van der Waals surface area contributed by atoms with Crippen LogP contribution in [0.3, 0.4) is 0 Å². The zero-order valence-corrected chi connectivity index (χ0v) is 16.6. The fraction of sp³-hybridized carbons (Fsp3) is 0.722. The summed E-state index contributed by atoms with van der Waals surface area (Å²) < 4.78 is -0.244. The Morgan fingerprint density at radius 3 is 2.96 bits per heavy atom. The van der Waals surface area contributed by atoms with Crippen LogP contribution in [0.25, 0.3) is 0 Å². The highest BCUT2D eigenvalue weighted by Gasteiger charge is 2.63. The van der Waals surface area contributed by atoms with Crippen LogP contribution in [-0.2, 0) is 9.59 Å². The summed E-state index contributed by atoms with van der Waals surface area (Å²) in [4.78, 5) is 27.1. The van der Waals surface area contributed by atoms with Crippen LogP contribution >= 0.6 is 11.8 Å². The quantitative estimate of drug-likeness (QED) is 0.603. The van der Waals surface area contributed by atoms with Gasteiger partial charge in [-0.15, -0.1) is 22.0 Å². The SMILES string of the molecule is CC1(C)S[C@@H]2C(NC(=O)C/C3=C/CCCCCC3)C(=O)N2C1c1nn[nH]n1. The topological polar surface area (TPSA) is 104 Å². The van der Waals surface area contributed by atoms with Gasteiger partial charge in [-0.05, 0) is 39.5 Å². The lowest BCUT2D eigenvalue weighted by Crippen LogP contribution is -2.67. The van der Waals surface area contributed by atoms with Gasteiger partial charge in [-0.3, -0.25) is 9.59 Å². The minimum Gasteiger partial charge on any atom is -0.341 e. The maximum absolute atomic E-state index is 12.8. The van der Waals surface area contributed by atoms with E-state index in [-0.39, 0.29) is 28.0 Å². The second-order valence-corrected chi connectivity index (χ2v) is 9.84. The van der Waals surface area contributed by atoms with Gasteiger partial charge in [-0.25, -0.2) is 0 Å². The number of β-lactam (4-membered cyclic amide) rings is 1. The Bertz CT molecular complexity index is 747. The minimum atomic E-state index is -0.465. The molecule has 3 aliphatic rings. The molecule has 1 aliphatic carbocycles. The number of fused-ring (bicyclic) bond motifs is 1. The highest BCUT2D eigenvalue weighted by atomic mass is 32.2. The number of amides is 2. The molecule has 1 aromatic rings. The van der Waals surface area contributed by atoms with Crippen LogP contribution < -0.4 is 5.32 Å². The Balaban J connectivity index is 1.40. The second-order valence-electron chi connectivity index (χ2n) is 8.07. The van der Waals surface area contributed by atoms with Crippen molar-refractivity contribution in [3.05, 3.63) is 17.5 Å². The lowest BCUT2D eigenvalue weighted by atomic mass is 9.95. The maximum atomic E-state index is 12.8. The summed E-state index contributed by atoms with van der Waals surface area (Å²) in [5.41, 5.74) is 1.21. The number of carbonyl (C=O) groups is 2. The summed E-state index contributed by atoms with van der Waals surface area (Å²) in [7, 11) is 0. The van der Waals surface area contributed by atoms with Crippen LogP contribution in [0.5, 0.6) is 0 Å². The van der Waals surface area contributed by atoms with Crippen molar-refractivity contribution in [2.75, 3.05) is 0 Å². The van der Waals surface area contributed by atoms with E-state index in [0.717, 1.165) is 19.3 Å². The van der Waals surface area contributed by atoms with E-state index >= 15 is 0 Å². The number of H-pyrrole nitrogens is 1. The maximum Gasteiger partial charge on any atom is 0.249 e. The van der Waals surface area contributed by atoms with Crippen LogP contribution in [0.2, 0.25) is 0 Å². The number of tetrazole rings is 1. The molecule has 2 amide bonds. The fourth-order valence-electron chi connectivity index (χ4n) is 4.30. The van der Waals surface area contributed by atoms with Gasteiger partial charge >= 0.3 is 0 Å². The number of hydrogen-bond acceptors (Lipinski definition) is 6. The summed E-state index contributed by atoms with van der Waals surface area (Å²) in [6.45, 7) is 4.14. The first-order chi connectivity index (χ1) is 13.0. The Labute approximate surface area is 162 Å². The van der Waals surface area contributed by atoms with Crippen molar-refractivity contribution in [1.29, 1.82) is 0 Å². The summed E-state index contributed by atoms with van der Waals surface area (Å²) in [5.74, 6) is 0.405. The number of nitrogens with zero attached hydrogens (tertiary/aromatic N) is 4. The molecule has 0 bridgehead atoms. The van der Waals surface area contributed by atoms with Gasteiger partial charge in [0.2, 0.25) is 11.8 Å². The predicted octanol–water partition coefficient (Wildman–Crippen LogP) is 2.09. The van der Waals surface area contributed by atoms with Crippen LogP contribution in [0.4, 0.5) is 0 Å². The third-order valence-corrected chi connectivity index (χ3v) is 7.21. The normalized spacial score (nSPS) is 31.9. The molecule has 8 nitrogen and oxygen atoms in total. The first kappa shape index (κ1) is 18.5. The Morgan fingerprint density at radius 1 is 1.37 bits per heavy atom. The summed E-state index contributed by atoms with van der Waals surface area (Å²) in [6.07, 6.45) is 9.52. The standard InChI is InChI=1S/C18H26N6O2S/c1-18(2)14(15-20-22-23-21-15)24-16(26)13(17(24)27-18)19-12(25)10-11-8-6-4-3-5-7-9-11/h8,13-14,17H,3-7,9-10H2,1-2H3,(H,19,25)(H,20,21,22,23)/b11-8+/t13?,14?,17-/m1/s1. The van der Waals surface area contributed by atoms with Gasteiger partial charge < -0.3 is 10.2 Å². The molecule has 1 aromatic heterocycles. The van der Waals surface area contributed by atoms with Crippen molar-refractivity contribution in [2.45, 2.75) is 81.0 Å². The molecule has 0 radical (unpaired) electrons. The van der Waals surface area contributed by atoms with E-state index in [1.807, 2.05) is 0 Å². The number of nitrogens with one attached hydrogen (secondary N) is 2. The van der Waals surface area contributed by atoms with E-state index in [1.54, 1.807) is 16.7 Å². The van der Waals surface area contributed by atoms with Crippen molar-refractivity contribution in [1.82, 2.24) is 30.8 Å². The summed E-state index contributed by atoms with van der Waals surface area (Å²) in [6, 6.07) is -0.701. The highest BCUT2D eigenvalue weighted by Crippen LogP contribution is 2.56. The van der Waals surface area contributed by atoms with Crippen molar-refractivity contribution in [3.8, 4) is 0 Å². The van der Waals surface area contributed by atoms with E-state index in [2.05, 4.69) is 45.9 Å². The number of aromatic amines is 1. The molecule has 0 spiro atoms. The Hall–Kier alpha value is -1.90. The van der Waals surface area contributed by atoms with E-state index in [9.17, 15) is 9.59 Å². The lowest BCUT2D eigenvalue weighted by molar-refractivity contribution is -0.151. The van der Waals surface area contributed by atoms with E-state index in [4.69, 9.17) is 0 Å². The molecule has 3 heterocycles. The first-order valence-corrected chi connectivity index (χ1v) is 10.6. The molecule has 9 heteroatoms. The highest BCUT2D eigenvalue weighted by molar-refractivity contribution is 8.01. The molecule has 4 rings (SSSR count). The van der Waals surface area contributed by atoms with Gasteiger partial charge in [0.1, 0.15) is 17.5 Å². The van der Waals surface area contributed by atoms with Crippen LogP contribution in [0, 0.1) is 0 Å². The van der Waals surface area contributed by atoms with Gasteiger partial charge in [0, 0.05) is 11.2 Å². The average molecular weight is 391 g/mol. The third kappa shape index (κ3) is 3.49. The van der Waals surface area contributed by atoms with Crippen molar-refractivity contribution in [2.24, 2.45) is 0 Å². The molecule has 2 fully saturated rings. The molecule has 0 aromatic carbocycles. The molecule has 2 unspecified atom stereocenters. The average Bonchev–Trinajstić information content (AvgIpc) is 3.19. The smallest absolute Gasteiger partial charge is 0.249 e. The summed E-state index contributed by atoms with van der Waals surface area (Å²) >= 11 is 1.68. The van der Waals surface area contributed by atoms with E-state index in [0.29, 0.717) is 12.2 Å². The van der Waals surface area contributed by atoms with E-state index in [1.165, 1.54) is 24.8 Å². The van der Waals surface area contributed by atoms with Gasteiger partial charge in [0.05, 0.1) is 0 Å². The molecule has 0 saturated carbocycles.